The van der Waals surface area contributed by atoms with Gasteiger partial charge in [-0.2, -0.15) is 4.98 Å². The molecule has 0 amide bonds. The van der Waals surface area contributed by atoms with Crippen molar-refractivity contribution < 1.29 is 23.2 Å². The van der Waals surface area contributed by atoms with Crippen LogP contribution in [0.25, 0.3) is 33.8 Å². The lowest BCUT2D eigenvalue weighted by Crippen LogP contribution is -2.13. The standard InChI is InChI=1S/C26H26N2O6/c1-6-21(29)32-20-14-17(26(3,4)5)12-16-13-19(25(30)33-22(16)20)24-27-23(28-34-24)15-8-10-18(11-9-15)31-7-2/h8-14H,6-7H2,1-5H3. The number of fused-ring (bicyclic) bond motifs is 1. The SMILES string of the molecule is CCOc1ccc(-c2noc(-c3cc4cc(C(C)(C)C)cc(OC(=O)CC)c4oc3=O)n2)cc1. The molecule has 0 aliphatic heterocycles. The number of aromatic nitrogens is 2. The highest BCUT2D eigenvalue weighted by atomic mass is 16.5. The van der Waals surface area contributed by atoms with E-state index in [0.717, 1.165) is 11.3 Å². The Morgan fingerprint density at radius 2 is 1.79 bits per heavy atom. The summed E-state index contributed by atoms with van der Waals surface area (Å²) in [5, 5.41) is 4.59. The van der Waals surface area contributed by atoms with Crippen molar-refractivity contribution >= 4 is 16.9 Å². The van der Waals surface area contributed by atoms with Gasteiger partial charge in [0.05, 0.1) is 6.61 Å². The highest BCUT2D eigenvalue weighted by Crippen LogP contribution is 2.34. The number of nitrogens with zero attached hydrogens (tertiary/aromatic N) is 2. The molecular formula is C26H26N2O6. The van der Waals surface area contributed by atoms with E-state index >= 15 is 0 Å². The Hall–Kier alpha value is -3.94. The molecule has 0 unspecified atom stereocenters. The van der Waals surface area contributed by atoms with Crippen LogP contribution in [0.2, 0.25) is 0 Å². The summed E-state index contributed by atoms with van der Waals surface area (Å²) in [5.74, 6) is 0.889. The van der Waals surface area contributed by atoms with Crippen molar-refractivity contribution in [3.8, 4) is 34.3 Å². The molecule has 2 heterocycles. The van der Waals surface area contributed by atoms with Crippen LogP contribution in [0, 0.1) is 0 Å². The zero-order valence-electron chi connectivity index (χ0n) is 19.8. The Morgan fingerprint density at radius 1 is 1.06 bits per heavy atom. The van der Waals surface area contributed by atoms with Crippen LogP contribution in [0.3, 0.4) is 0 Å². The van der Waals surface area contributed by atoms with E-state index in [1.807, 2.05) is 58.0 Å². The molecule has 0 N–H and O–H groups in total. The highest BCUT2D eigenvalue weighted by Gasteiger charge is 2.22. The second-order valence-electron chi connectivity index (χ2n) is 8.80. The van der Waals surface area contributed by atoms with Crippen molar-refractivity contribution in [2.45, 2.75) is 46.5 Å². The van der Waals surface area contributed by atoms with Crippen molar-refractivity contribution in [1.29, 1.82) is 0 Å². The Kier molecular flexibility index (Phi) is 6.24. The first kappa shape index (κ1) is 23.2. The smallest absolute Gasteiger partial charge is 0.349 e. The van der Waals surface area contributed by atoms with E-state index in [1.165, 1.54) is 0 Å². The molecule has 176 valence electrons. The lowest BCUT2D eigenvalue weighted by atomic mass is 9.86. The molecule has 0 radical (unpaired) electrons. The fourth-order valence-corrected chi connectivity index (χ4v) is 3.37. The van der Waals surface area contributed by atoms with Gasteiger partial charge in [0.15, 0.2) is 11.3 Å². The number of esters is 1. The van der Waals surface area contributed by atoms with Crippen molar-refractivity contribution in [1.82, 2.24) is 10.1 Å². The van der Waals surface area contributed by atoms with Gasteiger partial charge in [-0.05, 0) is 60.4 Å². The molecule has 2 aromatic carbocycles. The van der Waals surface area contributed by atoms with Crippen LogP contribution in [-0.2, 0) is 10.2 Å². The summed E-state index contributed by atoms with van der Waals surface area (Å²) in [5.41, 5.74) is 1.03. The van der Waals surface area contributed by atoms with Crippen LogP contribution in [0.1, 0.15) is 46.6 Å². The molecule has 0 aliphatic carbocycles. The Labute approximate surface area is 196 Å². The van der Waals surface area contributed by atoms with E-state index in [2.05, 4.69) is 10.1 Å². The van der Waals surface area contributed by atoms with E-state index in [9.17, 15) is 9.59 Å². The monoisotopic (exact) mass is 462 g/mol. The maximum Gasteiger partial charge on any atom is 0.349 e. The Bertz CT molecular complexity index is 1390. The number of ether oxygens (including phenoxy) is 2. The molecular weight excluding hydrogens is 436 g/mol. The normalized spacial score (nSPS) is 11.6. The maximum absolute atomic E-state index is 12.8. The third kappa shape index (κ3) is 4.71. The van der Waals surface area contributed by atoms with Crippen LogP contribution in [0.15, 0.2) is 56.2 Å². The average molecular weight is 463 g/mol. The number of carbonyl (C=O) groups is 1. The van der Waals surface area contributed by atoms with E-state index < -0.39 is 11.6 Å². The summed E-state index contributed by atoms with van der Waals surface area (Å²) in [6, 6.07) is 12.5. The van der Waals surface area contributed by atoms with Gasteiger partial charge in [-0.15, -0.1) is 0 Å². The molecule has 4 aromatic rings. The second-order valence-corrected chi connectivity index (χ2v) is 8.80. The molecule has 4 rings (SSSR count). The van der Waals surface area contributed by atoms with Crippen molar-refractivity contribution in [2.75, 3.05) is 6.61 Å². The molecule has 0 saturated heterocycles. The van der Waals surface area contributed by atoms with Gasteiger partial charge in [-0.25, -0.2) is 4.79 Å². The van der Waals surface area contributed by atoms with E-state index in [4.69, 9.17) is 18.4 Å². The van der Waals surface area contributed by atoms with Crippen LogP contribution in [-0.4, -0.2) is 22.7 Å². The second kappa shape index (κ2) is 9.13. The number of hydrogen-bond donors (Lipinski definition) is 0. The van der Waals surface area contributed by atoms with Gasteiger partial charge in [-0.1, -0.05) is 32.9 Å². The summed E-state index contributed by atoms with van der Waals surface area (Å²) in [4.78, 5) is 29.2. The third-order valence-corrected chi connectivity index (χ3v) is 5.26. The summed E-state index contributed by atoms with van der Waals surface area (Å²) in [6.07, 6.45) is 0.194. The molecule has 0 bridgehead atoms. The van der Waals surface area contributed by atoms with Gasteiger partial charge in [-0.3, -0.25) is 4.79 Å². The highest BCUT2D eigenvalue weighted by molar-refractivity contribution is 5.88. The fourth-order valence-electron chi connectivity index (χ4n) is 3.37. The molecule has 2 aromatic heterocycles. The molecule has 8 nitrogen and oxygen atoms in total. The molecule has 8 heteroatoms. The lowest BCUT2D eigenvalue weighted by molar-refractivity contribution is -0.133. The predicted molar refractivity (Wildman–Crippen MR) is 127 cm³/mol. The number of carbonyl (C=O) groups excluding carboxylic acids is 1. The minimum atomic E-state index is -0.674. The number of rotatable bonds is 6. The van der Waals surface area contributed by atoms with Crippen LogP contribution in [0.5, 0.6) is 11.5 Å². The first-order chi connectivity index (χ1) is 16.2. The zero-order valence-corrected chi connectivity index (χ0v) is 19.8. The Balaban J connectivity index is 1.79. The zero-order chi connectivity index (χ0) is 24.5. The minimum absolute atomic E-state index is 0.0350. The van der Waals surface area contributed by atoms with Crippen molar-refractivity contribution in [2.24, 2.45) is 0 Å². The number of hydrogen-bond acceptors (Lipinski definition) is 8. The molecule has 0 aliphatic rings. The van der Waals surface area contributed by atoms with Crippen LogP contribution in [0.4, 0.5) is 0 Å². The van der Waals surface area contributed by atoms with Gasteiger partial charge in [0.25, 0.3) is 5.89 Å². The van der Waals surface area contributed by atoms with Gasteiger partial charge in [0.1, 0.15) is 11.3 Å². The Morgan fingerprint density at radius 3 is 2.44 bits per heavy atom. The van der Waals surface area contributed by atoms with Gasteiger partial charge < -0.3 is 18.4 Å². The van der Waals surface area contributed by atoms with Crippen LogP contribution >= 0.6 is 0 Å². The predicted octanol–water partition coefficient (Wildman–Crippen LogP) is 5.52. The average Bonchev–Trinajstić information content (AvgIpc) is 3.29. The lowest BCUT2D eigenvalue weighted by Gasteiger charge is -2.20. The van der Waals surface area contributed by atoms with Crippen molar-refractivity contribution in [3.63, 3.8) is 0 Å². The summed E-state index contributed by atoms with van der Waals surface area (Å²) in [6.45, 7) is 10.3. The van der Waals surface area contributed by atoms with E-state index in [1.54, 1.807) is 19.1 Å². The summed E-state index contributed by atoms with van der Waals surface area (Å²) < 4.78 is 21.9. The van der Waals surface area contributed by atoms with Crippen molar-refractivity contribution in [3.05, 3.63) is 58.4 Å². The topological polar surface area (TPSA) is 105 Å². The fraction of sp³-hybridized carbons (Fsp3) is 0.308. The van der Waals surface area contributed by atoms with Gasteiger partial charge in [0.2, 0.25) is 5.82 Å². The third-order valence-electron chi connectivity index (χ3n) is 5.26. The largest absolute Gasteiger partial charge is 0.494 e. The van der Waals surface area contributed by atoms with E-state index in [-0.39, 0.29) is 34.6 Å². The quantitative estimate of drug-likeness (QED) is 0.209. The van der Waals surface area contributed by atoms with E-state index in [0.29, 0.717) is 23.4 Å². The molecule has 34 heavy (non-hydrogen) atoms. The summed E-state index contributed by atoms with van der Waals surface area (Å²) >= 11 is 0. The van der Waals surface area contributed by atoms with Gasteiger partial charge in [0, 0.05) is 17.4 Å². The molecule has 0 saturated carbocycles. The number of benzene rings is 2. The van der Waals surface area contributed by atoms with Gasteiger partial charge >= 0.3 is 11.6 Å². The van der Waals surface area contributed by atoms with Crippen LogP contribution < -0.4 is 15.1 Å². The maximum atomic E-state index is 12.8. The minimum Gasteiger partial charge on any atom is -0.494 e. The summed E-state index contributed by atoms with van der Waals surface area (Å²) in [7, 11) is 0. The molecule has 0 atom stereocenters. The molecule has 0 fully saturated rings. The first-order valence-electron chi connectivity index (χ1n) is 11.1. The first-order valence-corrected chi connectivity index (χ1v) is 11.1. The molecule has 0 spiro atoms.